The highest BCUT2D eigenvalue weighted by molar-refractivity contribution is 5.96. The van der Waals surface area contributed by atoms with Gasteiger partial charge in [0.1, 0.15) is 0 Å². The first-order chi connectivity index (χ1) is 24.2. The maximum atomic E-state index is 13.7. The molecule has 1 saturated heterocycles. The molecule has 0 bridgehead atoms. The van der Waals surface area contributed by atoms with Crippen molar-refractivity contribution in [2.45, 2.75) is 25.8 Å². The lowest BCUT2D eigenvalue weighted by Crippen LogP contribution is -2.47. The van der Waals surface area contributed by atoms with Crippen molar-refractivity contribution in [3.05, 3.63) is 83.4 Å². The topological polar surface area (TPSA) is 178 Å². The predicted octanol–water partition coefficient (Wildman–Crippen LogP) is 3.22. The number of guanidine groups is 1. The van der Waals surface area contributed by atoms with Crippen LogP contribution in [0.15, 0.2) is 71.7 Å². The summed E-state index contributed by atoms with van der Waals surface area (Å²) in [5, 5.41) is 27.3. The van der Waals surface area contributed by atoms with Gasteiger partial charge in [0.25, 0.3) is 0 Å². The third kappa shape index (κ3) is 11.2. The molecule has 0 radical (unpaired) electrons. The van der Waals surface area contributed by atoms with E-state index >= 15 is 0 Å². The maximum Gasteiger partial charge on any atom is 0.305 e. The van der Waals surface area contributed by atoms with E-state index in [1.165, 1.54) is 19.1 Å². The average Bonchev–Trinajstić information content (AvgIpc) is 3.11. The van der Waals surface area contributed by atoms with Gasteiger partial charge in [-0.2, -0.15) is 5.26 Å². The van der Waals surface area contributed by atoms with Crippen LogP contribution in [0, 0.1) is 18.4 Å². The lowest BCUT2D eigenvalue weighted by molar-refractivity contribution is -0.139. The van der Waals surface area contributed by atoms with Crippen LogP contribution < -0.4 is 25.4 Å². The standard InChI is InChI=1S/C36H43N7O7/c1-25-6-4-5-7-29(25)41-36(38-24-37)39-28-11-8-26(9-12-28)20-34(45)43(15-14-42-16-18-50-19-17-42)23-33(44)40-30(22-35(46)47)27-10-13-31(48-2)32(21-27)49-3/h4-13,21,30H,14-20,22-23H2,1-3H3,(H,40,44)(H,46,47)(H2,38,39,41)/t30-/m0/s1. The van der Waals surface area contributed by atoms with Crippen molar-refractivity contribution in [3.63, 3.8) is 0 Å². The zero-order chi connectivity index (χ0) is 35.9. The van der Waals surface area contributed by atoms with Crippen molar-refractivity contribution in [2.75, 3.05) is 65.5 Å². The predicted molar refractivity (Wildman–Crippen MR) is 187 cm³/mol. The SMILES string of the molecule is COc1ccc([C@H](CC(=O)O)NC(=O)CN(CCN2CCOCC2)C(=O)Cc2ccc(NC(=Nc3ccccc3C)NC#N)cc2)cc1OC. The lowest BCUT2D eigenvalue weighted by atomic mass is 10.0. The number of morpholine rings is 1. The Labute approximate surface area is 291 Å². The first-order valence-electron chi connectivity index (χ1n) is 16.2. The summed E-state index contributed by atoms with van der Waals surface area (Å²) in [7, 11) is 2.97. The van der Waals surface area contributed by atoms with E-state index in [0.29, 0.717) is 54.7 Å². The molecule has 0 aromatic heterocycles. The Bertz CT molecular complexity index is 1680. The Morgan fingerprint density at radius 1 is 1.04 bits per heavy atom. The minimum absolute atomic E-state index is 0.0332. The molecule has 1 aliphatic rings. The van der Waals surface area contributed by atoms with Gasteiger partial charge in [0.2, 0.25) is 17.8 Å². The van der Waals surface area contributed by atoms with E-state index in [0.717, 1.165) is 24.2 Å². The van der Waals surface area contributed by atoms with E-state index in [1.807, 2.05) is 37.4 Å². The molecule has 3 aromatic carbocycles. The summed E-state index contributed by atoms with van der Waals surface area (Å²) in [5.74, 6) is -0.737. The van der Waals surface area contributed by atoms with Crippen LogP contribution in [-0.2, 0) is 25.5 Å². The largest absolute Gasteiger partial charge is 0.493 e. The minimum atomic E-state index is -1.10. The molecule has 14 heteroatoms. The van der Waals surface area contributed by atoms with Gasteiger partial charge in [0.15, 0.2) is 17.7 Å². The zero-order valence-electron chi connectivity index (χ0n) is 28.5. The van der Waals surface area contributed by atoms with Crippen LogP contribution in [-0.4, -0.2) is 98.8 Å². The number of benzene rings is 3. The number of carbonyl (C=O) groups excluding carboxylic acids is 2. The summed E-state index contributed by atoms with van der Waals surface area (Å²) >= 11 is 0. The van der Waals surface area contributed by atoms with Crippen LogP contribution in [0.3, 0.4) is 0 Å². The number of aliphatic carboxylic acids is 1. The molecule has 0 unspecified atom stereocenters. The van der Waals surface area contributed by atoms with Gasteiger partial charge in [0.05, 0.1) is 58.5 Å². The number of hydrogen-bond acceptors (Lipinski definition) is 9. The van der Waals surface area contributed by atoms with Gasteiger partial charge in [-0.25, -0.2) is 4.99 Å². The summed E-state index contributed by atoms with van der Waals surface area (Å²) in [5.41, 5.74) is 3.55. The number of aliphatic imine (C=N–C) groups is 1. The van der Waals surface area contributed by atoms with E-state index < -0.39 is 17.9 Å². The zero-order valence-corrected chi connectivity index (χ0v) is 28.5. The van der Waals surface area contributed by atoms with Crippen LogP contribution in [0.5, 0.6) is 11.5 Å². The van der Waals surface area contributed by atoms with Gasteiger partial charge in [0, 0.05) is 31.9 Å². The van der Waals surface area contributed by atoms with Crippen LogP contribution >= 0.6 is 0 Å². The fourth-order valence-electron chi connectivity index (χ4n) is 5.37. The monoisotopic (exact) mass is 685 g/mol. The Balaban J connectivity index is 1.46. The van der Waals surface area contributed by atoms with E-state index in [2.05, 4.69) is 25.8 Å². The van der Waals surface area contributed by atoms with Crippen LogP contribution in [0.1, 0.15) is 29.2 Å². The molecule has 4 rings (SSSR count). The summed E-state index contributed by atoms with van der Waals surface area (Å²) in [4.78, 5) is 47.0. The first-order valence-corrected chi connectivity index (χ1v) is 16.2. The number of rotatable bonds is 15. The molecule has 2 amide bonds. The number of ether oxygens (including phenoxy) is 3. The van der Waals surface area contributed by atoms with Crippen LogP contribution in [0.2, 0.25) is 0 Å². The Morgan fingerprint density at radius 3 is 2.42 bits per heavy atom. The van der Waals surface area contributed by atoms with Gasteiger partial charge < -0.3 is 34.9 Å². The van der Waals surface area contributed by atoms with Crippen molar-refractivity contribution >= 4 is 35.1 Å². The number of nitrogens with one attached hydrogen (secondary N) is 3. The highest BCUT2D eigenvalue weighted by atomic mass is 16.5. The van der Waals surface area contributed by atoms with Gasteiger partial charge in [-0.05, 0) is 53.9 Å². The van der Waals surface area contributed by atoms with Gasteiger partial charge in [-0.1, -0.05) is 36.4 Å². The molecule has 14 nitrogen and oxygen atoms in total. The molecule has 0 aliphatic carbocycles. The summed E-state index contributed by atoms with van der Waals surface area (Å²) in [6.07, 6.45) is 1.56. The van der Waals surface area contributed by atoms with E-state index in [1.54, 1.807) is 42.5 Å². The van der Waals surface area contributed by atoms with Crippen LogP contribution in [0.4, 0.5) is 11.4 Å². The Morgan fingerprint density at radius 2 is 1.76 bits per heavy atom. The number of amides is 2. The minimum Gasteiger partial charge on any atom is -0.493 e. The van der Waals surface area contributed by atoms with Gasteiger partial charge in [-0.3, -0.25) is 24.6 Å². The second-order valence-electron chi connectivity index (χ2n) is 11.6. The Hall–Kier alpha value is -5.65. The number of methoxy groups -OCH3 is 2. The summed E-state index contributed by atoms with van der Waals surface area (Å²) in [6, 6.07) is 18.7. The fraction of sp³-hybridized carbons (Fsp3) is 0.361. The molecule has 0 saturated carbocycles. The summed E-state index contributed by atoms with van der Waals surface area (Å²) < 4.78 is 16.1. The number of aryl methyl sites for hydroxylation is 1. The average molecular weight is 686 g/mol. The van der Waals surface area contributed by atoms with Crippen molar-refractivity contribution in [2.24, 2.45) is 4.99 Å². The van der Waals surface area contributed by atoms with Crippen molar-refractivity contribution in [1.82, 2.24) is 20.4 Å². The Kier molecular flexibility index (Phi) is 14.0. The fourth-order valence-corrected chi connectivity index (χ4v) is 5.37. The quantitative estimate of drug-likeness (QED) is 0.0800. The van der Waals surface area contributed by atoms with Gasteiger partial charge >= 0.3 is 5.97 Å². The van der Waals surface area contributed by atoms with E-state index in [9.17, 15) is 24.8 Å². The van der Waals surface area contributed by atoms with Crippen molar-refractivity contribution < 1.29 is 33.7 Å². The van der Waals surface area contributed by atoms with E-state index in [-0.39, 0.29) is 31.3 Å². The first kappa shape index (κ1) is 37.2. The molecule has 1 fully saturated rings. The number of nitriles is 1. The molecule has 264 valence electrons. The molecule has 3 aromatic rings. The molecule has 50 heavy (non-hydrogen) atoms. The van der Waals surface area contributed by atoms with Crippen LogP contribution in [0.25, 0.3) is 0 Å². The van der Waals surface area contributed by atoms with E-state index in [4.69, 9.17) is 14.2 Å². The van der Waals surface area contributed by atoms with Crippen molar-refractivity contribution in [1.29, 1.82) is 5.26 Å². The molecular weight excluding hydrogens is 642 g/mol. The highest BCUT2D eigenvalue weighted by Crippen LogP contribution is 2.31. The normalized spacial score (nSPS) is 13.8. The highest BCUT2D eigenvalue weighted by Gasteiger charge is 2.24. The number of carboxylic acids is 1. The number of hydrogen-bond donors (Lipinski definition) is 4. The second kappa shape index (κ2) is 18.8. The number of para-hydroxylation sites is 1. The lowest BCUT2D eigenvalue weighted by Gasteiger charge is -2.30. The maximum absolute atomic E-state index is 13.7. The number of nitrogens with zero attached hydrogens (tertiary/aromatic N) is 4. The number of anilines is 1. The third-order valence-electron chi connectivity index (χ3n) is 8.09. The smallest absolute Gasteiger partial charge is 0.305 e. The molecule has 1 aliphatic heterocycles. The molecule has 0 spiro atoms. The van der Waals surface area contributed by atoms with Gasteiger partial charge in [-0.15, -0.1) is 0 Å². The molecule has 4 N–H and O–H groups in total. The molecular formula is C36H43N7O7. The molecule has 1 atom stereocenters. The number of carboxylic acid groups (broad SMARTS) is 1. The second-order valence-corrected chi connectivity index (χ2v) is 11.6. The summed E-state index contributed by atoms with van der Waals surface area (Å²) in [6.45, 7) is 5.15. The number of carbonyl (C=O) groups is 3. The third-order valence-corrected chi connectivity index (χ3v) is 8.09. The molecule has 1 heterocycles. The van der Waals surface area contributed by atoms with Crippen molar-refractivity contribution in [3.8, 4) is 17.7 Å².